The highest BCUT2D eigenvalue weighted by molar-refractivity contribution is 5.83. The molecule has 132 valence electrons. The molecule has 0 aromatic heterocycles. The largest absolute Gasteiger partial charge is 0.356 e. The van der Waals surface area contributed by atoms with Crippen molar-refractivity contribution >= 4 is 11.9 Å². The molecule has 2 rings (SSSR count). The fraction of sp³-hybridized carbons (Fsp3) is 0.889. The standard InChI is InChI=1S/C18H34N4O/c1-14-8-7-11-21(12-14)15(23)9-10-20-16(19-6)22-13-17(2,3)18(22,4)5/h14H,7-13H2,1-6H3,(H,19,20). The van der Waals surface area contributed by atoms with Gasteiger partial charge in [0.2, 0.25) is 5.91 Å². The first-order valence-electron chi connectivity index (χ1n) is 8.95. The number of likely N-dealkylation sites (tertiary alicyclic amines) is 2. The molecule has 2 aliphatic heterocycles. The topological polar surface area (TPSA) is 47.9 Å². The second kappa shape index (κ2) is 6.70. The minimum atomic E-state index is 0.0845. The van der Waals surface area contributed by atoms with Crippen LogP contribution in [0.3, 0.4) is 0 Å². The Morgan fingerprint density at radius 2 is 2.00 bits per heavy atom. The monoisotopic (exact) mass is 322 g/mol. The molecule has 0 bridgehead atoms. The lowest BCUT2D eigenvalue weighted by Gasteiger charge is -2.62. The highest BCUT2D eigenvalue weighted by Crippen LogP contribution is 2.46. The third-order valence-corrected chi connectivity index (χ3v) is 5.98. The Bertz CT molecular complexity index is 470. The van der Waals surface area contributed by atoms with Crippen molar-refractivity contribution in [2.24, 2.45) is 16.3 Å². The van der Waals surface area contributed by atoms with Gasteiger partial charge in [-0.2, -0.15) is 0 Å². The lowest BCUT2D eigenvalue weighted by Crippen LogP contribution is -2.72. The first kappa shape index (κ1) is 18.1. The van der Waals surface area contributed by atoms with Gasteiger partial charge in [0.05, 0.1) is 0 Å². The third-order valence-electron chi connectivity index (χ3n) is 5.98. The normalized spacial score (nSPS) is 26.7. The van der Waals surface area contributed by atoms with Crippen LogP contribution in [0, 0.1) is 11.3 Å². The number of nitrogens with one attached hydrogen (secondary N) is 1. The van der Waals surface area contributed by atoms with Crippen LogP contribution in [0.25, 0.3) is 0 Å². The second-order valence-corrected chi connectivity index (χ2v) is 8.34. The Hall–Kier alpha value is -1.26. The first-order valence-corrected chi connectivity index (χ1v) is 8.95. The van der Waals surface area contributed by atoms with Crippen LogP contribution in [0.2, 0.25) is 0 Å². The molecule has 2 fully saturated rings. The zero-order valence-electron chi connectivity index (χ0n) is 15.8. The predicted octanol–water partition coefficient (Wildman–Crippen LogP) is 2.33. The molecule has 0 saturated carbocycles. The number of guanidine groups is 1. The molecule has 2 saturated heterocycles. The summed E-state index contributed by atoms with van der Waals surface area (Å²) in [6, 6.07) is 0. The number of carbonyl (C=O) groups is 1. The molecule has 5 nitrogen and oxygen atoms in total. The molecular formula is C18H34N4O. The molecular weight excluding hydrogens is 288 g/mol. The van der Waals surface area contributed by atoms with E-state index >= 15 is 0 Å². The van der Waals surface area contributed by atoms with Gasteiger partial charge in [-0.05, 0) is 32.6 Å². The van der Waals surface area contributed by atoms with Crippen LogP contribution in [0.5, 0.6) is 0 Å². The van der Waals surface area contributed by atoms with Crippen LogP contribution in [0.1, 0.15) is 53.9 Å². The van der Waals surface area contributed by atoms with Crippen molar-refractivity contribution in [3.8, 4) is 0 Å². The average molecular weight is 322 g/mol. The molecule has 2 heterocycles. The number of rotatable bonds is 3. The first-order chi connectivity index (χ1) is 10.7. The molecule has 0 aromatic rings. The molecule has 0 radical (unpaired) electrons. The van der Waals surface area contributed by atoms with Crippen LogP contribution >= 0.6 is 0 Å². The summed E-state index contributed by atoms with van der Waals surface area (Å²) in [7, 11) is 1.82. The SMILES string of the molecule is CN=C(NCCC(=O)N1CCCC(C)C1)N1CC(C)(C)C1(C)C. The van der Waals surface area contributed by atoms with E-state index in [2.05, 4.69) is 49.8 Å². The summed E-state index contributed by atoms with van der Waals surface area (Å²) >= 11 is 0. The second-order valence-electron chi connectivity index (χ2n) is 8.34. The summed E-state index contributed by atoms with van der Waals surface area (Å²) in [4.78, 5) is 21.1. The summed E-state index contributed by atoms with van der Waals surface area (Å²) in [5.74, 6) is 1.81. The molecule has 1 unspecified atom stereocenters. The van der Waals surface area contributed by atoms with Crippen molar-refractivity contribution in [1.82, 2.24) is 15.1 Å². The van der Waals surface area contributed by atoms with E-state index in [9.17, 15) is 4.79 Å². The van der Waals surface area contributed by atoms with E-state index in [1.165, 1.54) is 6.42 Å². The number of piperidine rings is 1. The van der Waals surface area contributed by atoms with Gasteiger partial charge in [-0.3, -0.25) is 9.79 Å². The van der Waals surface area contributed by atoms with E-state index in [4.69, 9.17) is 0 Å². The van der Waals surface area contributed by atoms with Crippen molar-refractivity contribution in [1.29, 1.82) is 0 Å². The quantitative estimate of drug-likeness (QED) is 0.641. The Morgan fingerprint density at radius 3 is 2.52 bits per heavy atom. The van der Waals surface area contributed by atoms with E-state index < -0.39 is 0 Å². The van der Waals surface area contributed by atoms with Crippen molar-refractivity contribution in [3.63, 3.8) is 0 Å². The van der Waals surface area contributed by atoms with Gasteiger partial charge in [-0.25, -0.2) is 0 Å². The predicted molar refractivity (Wildman–Crippen MR) is 95.5 cm³/mol. The zero-order chi connectivity index (χ0) is 17.3. The molecule has 2 aliphatic rings. The highest BCUT2D eigenvalue weighted by Gasteiger charge is 2.53. The number of hydrogen-bond donors (Lipinski definition) is 1. The maximum Gasteiger partial charge on any atom is 0.224 e. The molecule has 0 aliphatic carbocycles. The van der Waals surface area contributed by atoms with Crippen molar-refractivity contribution in [3.05, 3.63) is 0 Å². The van der Waals surface area contributed by atoms with Crippen LogP contribution in [-0.2, 0) is 4.79 Å². The van der Waals surface area contributed by atoms with E-state index in [0.717, 1.165) is 32.0 Å². The van der Waals surface area contributed by atoms with Gasteiger partial charge in [0, 0.05) is 50.6 Å². The summed E-state index contributed by atoms with van der Waals surface area (Å²) in [6.07, 6.45) is 2.93. The summed E-state index contributed by atoms with van der Waals surface area (Å²) in [6.45, 7) is 14.8. The van der Waals surface area contributed by atoms with E-state index in [0.29, 0.717) is 18.9 Å². The molecule has 0 spiro atoms. The Balaban J connectivity index is 1.80. The van der Waals surface area contributed by atoms with Gasteiger partial charge in [-0.15, -0.1) is 0 Å². The number of hydrogen-bond acceptors (Lipinski definition) is 2. The summed E-state index contributed by atoms with van der Waals surface area (Å²) < 4.78 is 0. The Kier molecular flexibility index (Phi) is 5.27. The number of nitrogens with zero attached hydrogens (tertiary/aromatic N) is 3. The van der Waals surface area contributed by atoms with Gasteiger partial charge in [-0.1, -0.05) is 20.8 Å². The molecule has 23 heavy (non-hydrogen) atoms. The van der Waals surface area contributed by atoms with Gasteiger partial charge < -0.3 is 15.1 Å². The van der Waals surface area contributed by atoms with E-state index in [-0.39, 0.29) is 16.9 Å². The Labute approximate surface area is 141 Å². The van der Waals surface area contributed by atoms with Crippen LogP contribution in [0.15, 0.2) is 4.99 Å². The molecule has 1 amide bonds. The third kappa shape index (κ3) is 3.64. The lowest BCUT2D eigenvalue weighted by molar-refractivity contribution is -0.132. The Morgan fingerprint density at radius 1 is 1.30 bits per heavy atom. The van der Waals surface area contributed by atoms with Gasteiger partial charge in [0.25, 0.3) is 0 Å². The molecule has 1 N–H and O–H groups in total. The van der Waals surface area contributed by atoms with Crippen molar-refractivity contribution in [2.45, 2.75) is 59.4 Å². The van der Waals surface area contributed by atoms with Crippen LogP contribution < -0.4 is 5.32 Å². The molecule has 1 atom stereocenters. The number of aliphatic imine (C=N–C) groups is 1. The maximum atomic E-state index is 12.3. The van der Waals surface area contributed by atoms with Gasteiger partial charge in [0.15, 0.2) is 5.96 Å². The minimum absolute atomic E-state index is 0.0845. The fourth-order valence-corrected chi connectivity index (χ4v) is 3.55. The maximum absolute atomic E-state index is 12.3. The lowest BCUT2D eigenvalue weighted by atomic mass is 9.65. The van der Waals surface area contributed by atoms with E-state index in [1.807, 2.05) is 11.9 Å². The fourth-order valence-electron chi connectivity index (χ4n) is 3.55. The number of carbonyl (C=O) groups excluding carboxylic acids is 1. The van der Waals surface area contributed by atoms with Crippen LogP contribution in [-0.4, -0.2) is 60.4 Å². The molecule has 5 heteroatoms. The van der Waals surface area contributed by atoms with Gasteiger partial charge in [0.1, 0.15) is 0 Å². The van der Waals surface area contributed by atoms with E-state index in [1.54, 1.807) is 0 Å². The van der Waals surface area contributed by atoms with Crippen molar-refractivity contribution in [2.75, 3.05) is 33.2 Å². The number of amides is 1. The van der Waals surface area contributed by atoms with Gasteiger partial charge >= 0.3 is 0 Å². The zero-order valence-corrected chi connectivity index (χ0v) is 15.8. The highest BCUT2D eigenvalue weighted by atomic mass is 16.2. The minimum Gasteiger partial charge on any atom is -0.356 e. The summed E-state index contributed by atoms with van der Waals surface area (Å²) in [5, 5.41) is 3.37. The van der Waals surface area contributed by atoms with Crippen LogP contribution in [0.4, 0.5) is 0 Å². The summed E-state index contributed by atoms with van der Waals surface area (Å²) in [5.41, 5.74) is 0.367. The van der Waals surface area contributed by atoms with Crippen molar-refractivity contribution < 1.29 is 4.79 Å². The smallest absolute Gasteiger partial charge is 0.224 e. The molecule has 0 aromatic carbocycles. The average Bonchev–Trinajstić information content (AvgIpc) is 2.49.